The Hall–Kier alpha value is -0.590. The number of thiazole rings is 1. The van der Waals surface area contributed by atoms with Gasteiger partial charge in [0.25, 0.3) is 0 Å². The van der Waals surface area contributed by atoms with Crippen LogP contribution in [0.4, 0.5) is 0 Å². The first-order valence-corrected chi connectivity index (χ1v) is 6.68. The Morgan fingerprint density at radius 1 is 1.80 bits per heavy atom. The van der Waals surface area contributed by atoms with Crippen LogP contribution in [-0.4, -0.2) is 27.9 Å². The number of aromatic nitrogens is 1. The molecule has 1 unspecified atom stereocenters. The van der Waals surface area contributed by atoms with Crippen LogP contribution in [-0.2, 0) is 5.75 Å². The number of carboxylic acid groups (broad SMARTS) is 1. The molecule has 84 valence electrons. The van der Waals surface area contributed by atoms with E-state index in [1.807, 2.05) is 0 Å². The van der Waals surface area contributed by atoms with Crippen molar-refractivity contribution in [3.8, 4) is 0 Å². The van der Waals surface area contributed by atoms with Gasteiger partial charge in [-0.1, -0.05) is 6.92 Å². The summed E-state index contributed by atoms with van der Waals surface area (Å²) in [5, 5.41) is 10.6. The minimum atomic E-state index is -0.957. The number of nitrogens with zero attached hydrogens (tertiary/aromatic N) is 1. The zero-order valence-corrected chi connectivity index (χ0v) is 10.1. The van der Waals surface area contributed by atoms with Crippen molar-refractivity contribution in [2.45, 2.75) is 25.1 Å². The zero-order chi connectivity index (χ0) is 11.3. The average Bonchev–Trinajstić information content (AvgIpc) is 2.66. The van der Waals surface area contributed by atoms with Crippen molar-refractivity contribution in [3.05, 3.63) is 16.1 Å². The molecule has 0 radical (unpaired) electrons. The van der Waals surface area contributed by atoms with E-state index in [2.05, 4.69) is 11.9 Å². The fourth-order valence-corrected chi connectivity index (χ4v) is 2.68. The summed E-state index contributed by atoms with van der Waals surface area (Å²) in [6.07, 6.45) is 0.963. The molecule has 1 heterocycles. The smallest absolute Gasteiger partial charge is 0.365 e. The largest absolute Gasteiger partial charge is 0.476 e. The summed E-state index contributed by atoms with van der Waals surface area (Å²) in [6.45, 7) is 2.05. The number of hydrogen-bond acceptors (Lipinski definition) is 5. The molecule has 0 aromatic carbocycles. The van der Waals surface area contributed by atoms with Crippen LogP contribution < -0.4 is 5.73 Å². The number of rotatable bonds is 6. The molecule has 15 heavy (non-hydrogen) atoms. The molecule has 1 aromatic heterocycles. The SMILES string of the molecule is CCC(N)CSCc1csc(C(=O)O)n1. The Kier molecular flexibility index (Phi) is 5.07. The van der Waals surface area contributed by atoms with Gasteiger partial charge in [0.05, 0.1) is 5.69 Å². The molecule has 6 heteroatoms. The maximum absolute atomic E-state index is 10.6. The molecular formula is C9H14N2O2S2. The second-order valence-corrected chi connectivity index (χ2v) is 5.02. The number of nitrogens with two attached hydrogens (primary N) is 1. The second kappa shape index (κ2) is 6.09. The van der Waals surface area contributed by atoms with Crippen LogP contribution in [0.3, 0.4) is 0 Å². The van der Waals surface area contributed by atoms with Crippen molar-refractivity contribution < 1.29 is 9.90 Å². The monoisotopic (exact) mass is 246 g/mol. The van der Waals surface area contributed by atoms with E-state index < -0.39 is 5.97 Å². The highest BCUT2D eigenvalue weighted by atomic mass is 32.2. The quantitative estimate of drug-likeness (QED) is 0.800. The van der Waals surface area contributed by atoms with Gasteiger partial charge in [-0.2, -0.15) is 11.8 Å². The number of carboxylic acids is 1. The van der Waals surface area contributed by atoms with Crippen molar-refractivity contribution >= 4 is 29.1 Å². The van der Waals surface area contributed by atoms with Gasteiger partial charge in [0, 0.05) is 22.9 Å². The molecule has 0 aliphatic carbocycles. The molecule has 0 fully saturated rings. The Labute approximate surface area is 96.9 Å². The van der Waals surface area contributed by atoms with E-state index in [0.717, 1.165) is 23.6 Å². The molecule has 0 bridgehead atoms. The lowest BCUT2D eigenvalue weighted by Gasteiger charge is -2.06. The predicted octanol–water partition coefficient (Wildman–Crippen LogP) is 1.81. The Bertz CT molecular complexity index is 328. The van der Waals surface area contributed by atoms with E-state index in [1.165, 1.54) is 11.3 Å². The molecule has 1 rings (SSSR count). The van der Waals surface area contributed by atoms with Crippen LogP contribution >= 0.6 is 23.1 Å². The maximum Gasteiger partial charge on any atom is 0.365 e. The molecule has 0 saturated carbocycles. The van der Waals surface area contributed by atoms with E-state index in [9.17, 15) is 4.79 Å². The molecular weight excluding hydrogens is 232 g/mol. The summed E-state index contributed by atoms with van der Waals surface area (Å²) < 4.78 is 0. The summed E-state index contributed by atoms with van der Waals surface area (Å²) >= 11 is 2.86. The molecule has 0 amide bonds. The van der Waals surface area contributed by atoms with Gasteiger partial charge < -0.3 is 10.8 Å². The van der Waals surface area contributed by atoms with Crippen LogP contribution in [0.25, 0.3) is 0 Å². The highest BCUT2D eigenvalue weighted by Gasteiger charge is 2.09. The summed E-state index contributed by atoms with van der Waals surface area (Å²) in [7, 11) is 0. The summed E-state index contributed by atoms with van der Waals surface area (Å²) in [6, 6.07) is 0.215. The molecule has 4 nitrogen and oxygen atoms in total. The average molecular weight is 246 g/mol. The molecule has 3 N–H and O–H groups in total. The first-order chi connectivity index (χ1) is 7.13. The van der Waals surface area contributed by atoms with Crippen LogP contribution in [0, 0.1) is 0 Å². The van der Waals surface area contributed by atoms with Gasteiger partial charge in [-0.3, -0.25) is 0 Å². The van der Waals surface area contributed by atoms with Gasteiger partial charge in [-0.15, -0.1) is 11.3 Å². The summed E-state index contributed by atoms with van der Waals surface area (Å²) in [5.74, 6) is 0.662. The maximum atomic E-state index is 10.6. The normalized spacial score (nSPS) is 12.7. The topological polar surface area (TPSA) is 76.2 Å². The number of thioether (sulfide) groups is 1. The van der Waals surface area contributed by atoms with Gasteiger partial charge in [0.1, 0.15) is 0 Å². The standard InChI is InChI=1S/C9H14N2O2S2/c1-2-6(10)3-14-4-7-5-15-8(11-7)9(12)13/h5-6H,2-4,10H2,1H3,(H,12,13). The lowest BCUT2D eigenvalue weighted by Crippen LogP contribution is -2.21. The van der Waals surface area contributed by atoms with Gasteiger partial charge in [0.2, 0.25) is 5.01 Å². The lowest BCUT2D eigenvalue weighted by atomic mass is 10.3. The zero-order valence-electron chi connectivity index (χ0n) is 8.47. The van der Waals surface area contributed by atoms with Crippen molar-refractivity contribution in [3.63, 3.8) is 0 Å². The van der Waals surface area contributed by atoms with Gasteiger partial charge >= 0.3 is 5.97 Å². The van der Waals surface area contributed by atoms with Gasteiger partial charge in [-0.25, -0.2) is 9.78 Å². The van der Waals surface area contributed by atoms with E-state index in [0.29, 0.717) is 0 Å². The lowest BCUT2D eigenvalue weighted by molar-refractivity contribution is 0.0696. The fourth-order valence-electron chi connectivity index (χ4n) is 0.904. The van der Waals surface area contributed by atoms with Crippen LogP contribution in [0.1, 0.15) is 28.8 Å². The first kappa shape index (κ1) is 12.5. The third-order valence-corrected chi connectivity index (χ3v) is 3.88. The van der Waals surface area contributed by atoms with E-state index >= 15 is 0 Å². The van der Waals surface area contributed by atoms with E-state index in [-0.39, 0.29) is 11.0 Å². The third-order valence-electron chi connectivity index (χ3n) is 1.84. The molecule has 0 aliphatic heterocycles. The minimum absolute atomic E-state index is 0.158. The Morgan fingerprint density at radius 2 is 2.53 bits per heavy atom. The van der Waals surface area contributed by atoms with Gasteiger partial charge in [0.15, 0.2) is 0 Å². The third kappa shape index (κ3) is 4.19. The molecule has 0 spiro atoms. The molecule has 1 aromatic rings. The fraction of sp³-hybridized carbons (Fsp3) is 0.556. The predicted molar refractivity (Wildman–Crippen MR) is 63.5 cm³/mol. The number of carbonyl (C=O) groups is 1. The number of hydrogen-bond donors (Lipinski definition) is 2. The van der Waals surface area contributed by atoms with Crippen molar-refractivity contribution in [1.82, 2.24) is 4.98 Å². The highest BCUT2D eigenvalue weighted by Crippen LogP contribution is 2.16. The highest BCUT2D eigenvalue weighted by molar-refractivity contribution is 7.98. The summed E-state index contributed by atoms with van der Waals surface area (Å²) in [5.41, 5.74) is 6.58. The van der Waals surface area contributed by atoms with Crippen LogP contribution in [0.5, 0.6) is 0 Å². The molecule has 0 saturated heterocycles. The Morgan fingerprint density at radius 3 is 3.07 bits per heavy atom. The summed E-state index contributed by atoms with van der Waals surface area (Å²) in [4.78, 5) is 14.6. The van der Waals surface area contributed by atoms with E-state index in [4.69, 9.17) is 10.8 Å². The van der Waals surface area contributed by atoms with Crippen LogP contribution in [0.15, 0.2) is 5.38 Å². The van der Waals surface area contributed by atoms with Crippen molar-refractivity contribution in [2.75, 3.05) is 5.75 Å². The molecule has 0 aliphatic rings. The van der Waals surface area contributed by atoms with Crippen molar-refractivity contribution in [1.29, 1.82) is 0 Å². The first-order valence-electron chi connectivity index (χ1n) is 4.64. The van der Waals surface area contributed by atoms with E-state index in [1.54, 1.807) is 17.1 Å². The molecule has 1 atom stereocenters. The van der Waals surface area contributed by atoms with Crippen LogP contribution in [0.2, 0.25) is 0 Å². The van der Waals surface area contributed by atoms with Gasteiger partial charge in [-0.05, 0) is 6.42 Å². The number of aromatic carboxylic acids is 1. The second-order valence-electron chi connectivity index (χ2n) is 3.13. The van der Waals surface area contributed by atoms with Crippen molar-refractivity contribution in [2.24, 2.45) is 5.73 Å². The Balaban J connectivity index is 2.35. The minimum Gasteiger partial charge on any atom is -0.476 e.